The van der Waals surface area contributed by atoms with Gasteiger partial charge in [-0.3, -0.25) is 9.78 Å². The number of rotatable bonds is 5. The molecule has 0 bridgehead atoms. The molecule has 1 aromatic carbocycles. The topological polar surface area (TPSA) is 42.4 Å². The van der Waals surface area contributed by atoms with E-state index in [1.807, 2.05) is 35.2 Å². The highest BCUT2D eigenvalue weighted by atomic mass is 16.5. The molecule has 1 aliphatic heterocycles. The van der Waals surface area contributed by atoms with Crippen molar-refractivity contribution in [2.24, 2.45) is 5.92 Å². The second-order valence-corrected chi connectivity index (χ2v) is 5.86. The van der Waals surface area contributed by atoms with Crippen LogP contribution in [0.1, 0.15) is 30.3 Å². The molecule has 4 nitrogen and oxygen atoms in total. The van der Waals surface area contributed by atoms with Crippen molar-refractivity contribution in [3.8, 4) is 0 Å². The molecule has 1 aliphatic rings. The average molecular weight is 298 g/mol. The van der Waals surface area contributed by atoms with E-state index in [4.69, 9.17) is 4.74 Å². The number of hydrogen-bond acceptors (Lipinski definition) is 3. The van der Waals surface area contributed by atoms with E-state index in [2.05, 4.69) is 11.9 Å². The molecule has 116 valence electrons. The van der Waals surface area contributed by atoms with Crippen molar-refractivity contribution in [2.45, 2.75) is 19.8 Å². The van der Waals surface area contributed by atoms with Crippen LogP contribution in [0, 0.1) is 5.92 Å². The smallest absolute Gasteiger partial charge is 0.273 e. The van der Waals surface area contributed by atoms with Gasteiger partial charge in [-0.2, -0.15) is 0 Å². The molecule has 22 heavy (non-hydrogen) atoms. The van der Waals surface area contributed by atoms with Crippen molar-refractivity contribution in [1.29, 1.82) is 0 Å². The lowest BCUT2D eigenvalue weighted by molar-refractivity contribution is 0.0751. The van der Waals surface area contributed by atoms with Crippen LogP contribution in [0.3, 0.4) is 0 Å². The molecule has 1 saturated heterocycles. The molecule has 0 spiro atoms. The maximum atomic E-state index is 12.8. The van der Waals surface area contributed by atoms with Gasteiger partial charge in [0.15, 0.2) is 0 Å². The van der Waals surface area contributed by atoms with Crippen LogP contribution in [-0.4, -0.2) is 42.1 Å². The minimum absolute atomic E-state index is 0.0368. The standard InChI is InChI=1S/C18H22N2O2/c1-2-11-22-13-14-8-10-20(12-14)18(21)17-16-6-4-3-5-15(16)7-9-19-17/h3-7,9,14H,2,8,10-13H2,1H3. The van der Waals surface area contributed by atoms with E-state index in [0.29, 0.717) is 11.6 Å². The summed E-state index contributed by atoms with van der Waals surface area (Å²) in [6.45, 7) is 5.23. The highest BCUT2D eigenvalue weighted by Crippen LogP contribution is 2.22. The molecule has 1 aromatic heterocycles. The number of likely N-dealkylation sites (tertiary alicyclic amines) is 1. The predicted molar refractivity (Wildman–Crippen MR) is 86.9 cm³/mol. The molecule has 0 N–H and O–H groups in total. The molecule has 2 aromatic rings. The van der Waals surface area contributed by atoms with Crippen LogP contribution in [0.15, 0.2) is 36.5 Å². The number of hydrogen-bond donors (Lipinski definition) is 0. The Balaban J connectivity index is 1.71. The summed E-state index contributed by atoms with van der Waals surface area (Å²) in [7, 11) is 0. The second-order valence-electron chi connectivity index (χ2n) is 5.86. The molecule has 4 heteroatoms. The zero-order valence-corrected chi connectivity index (χ0v) is 13.0. The van der Waals surface area contributed by atoms with Gasteiger partial charge in [0, 0.05) is 37.2 Å². The van der Waals surface area contributed by atoms with Gasteiger partial charge in [-0.05, 0) is 24.3 Å². The van der Waals surface area contributed by atoms with Crippen LogP contribution in [0.5, 0.6) is 0 Å². The predicted octanol–water partition coefficient (Wildman–Crippen LogP) is 3.12. The first-order chi connectivity index (χ1) is 10.8. The SMILES string of the molecule is CCCOCC1CCN(C(=O)c2nccc3ccccc23)C1. The molecule has 0 saturated carbocycles. The van der Waals surface area contributed by atoms with Crippen molar-refractivity contribution >= 4 is 16.7 Å². The van der Waals surface area contributed by atoms with E-state index in [1.54, 1.807) is 6.20 Å². The lowest BCUT2D eigenvalue weighted by Crippen LogP contribution is -2.30. The van der Waals surface area contributed by atoms with Crippen LogP contribution in [0.25, 0.3) is 10.8 Å². The zero-order chi connectivity index (χ0) is 15.4. The lowest BCUT2D eigenvalue weighted by atomic mass is 10.1. The maximum Gasteiger partial charge on any atom is 0.273 e. The van der Waals surface area contributed by atoms with Crippen LogP contribution in [-0.2, 0) is 4.74 Å². The molecule has 1 amide bonds. The third-order valence-corrected chi connectivity index (χ3v) is 4.15. The molecule has 1 unspecified atom stereocenters. The quantitative estimate of drug-likeness (QED) is 0.797. The zero-order valence-electron chi connectivity index (χ0n) is 13.0. The van der Waals surface area contributed by atoms with E-state index < -0.39 is 0 Å². The Kier molecular flexibility index (Phi) is 4.68. The summed E-state index contributed by atoms with van der Waals surface area (Å²) in [4.78, 5) is 19.0. The fourth-order valence-electron chi connectivity index (χ4n) is 2.99. The lowest BCUT2D eigenvalue weighted by Gasteiger charge is -2.17. The summed E-state index contributed by atoms with van der Waals surface area (Å²) in [5.41, 5.74) is 0.563. The fraction of sp³-hybridized carbons (Fsp3) is 0.444. The number of nitrogens with zero attached hydrogens (tertiary/aromatic N) is 2. The van der Waals surface area contributed by atoms with Crippen molar-refractivity contribution in [3.63, 3.8) is 0 Å². The number of carbonyl (C=O) groups excluding carboxylic acids is 1. The van der Waals surface area contributed by atoms with Gasteiger partial charge in [0.2, 0.25) is 0 Å². The van der Waals surface area contributed by atoms with Gasteiger partial charge in [0.05, 0.1) is 6.61 Å². The minimum Gasteiger partial charge on any atom is -0.381 e. The summed E-state index contributed by atoms with van der Waals surface area (Å²) in [5, 5.41) is 1.99. The number of amides is 1. The maximum absolute atomic E-state index is 12.8. The number of benzene rings is 1. The van der Waals surface area contributed by atoms with E-state index in [0.717, 1.165) is 49.9 Å². The number of pyridine rings is 1. The largest absolute Gasteiger partial charge is 0.381 e. The van der Waals surface area contributed by atoms with E-state index in [9.17, 15) is 4.79 Å². The molecule has 1 atom stereocenters. The molecule has 0 aliphatic carbocycles. The Morgan fingerprint density at radius 2 is 2.23 bits per heavy atom. The van der Waals surface area contributed by atoms with Crippen LogP contribution >= 0.6 is 0 Å². The first kappa shape index (κ1) is 15.0. The van der Waals surface area contributed by atoms with Crippen LogP contribution in [0.2, 0.25) is 0 Å². The first-order valence-corrected chi connectivity index (χ1v) is 8.00. The van der Waals surface area contributed by atoms with Gasteiger partial charge in [-0.1, -0.05) is 31.2 Å². The Hall–Kier alpha value is -1.94. The number of aromatic nitrogens is 1. The third-order valence-electron chi connectivity index (χ3n) is 4.15. The van der Waals surface area contributed by atoms with Gasteiger partial charge in [0.25, 0.3) is 5.91 Å². The Labute approximate surface area is 131 Å². The highest BCUT2D eigenvalue weighted by molar-refractivity contribution is 6.05. The molecular weight excluding hydrogens is 276 g/mol. The third kappa shape index (κ3) is 3.12. The van der Waals surface area contributed by atoms with Crippen molar-refractivity contribution in [1.82, 2.24) is 9.88 Å². The summed E-state index contributed by atoms with van der Waals surface area (Å²) in [6.07, 6.45) is 3.77. The Bertz CT molecular complexity index is 651. The molecular formula is C18H22N2O2. The van der Waals surface area contributed by atoms with Gasteiger partial charge in [0.1, 0.15) is 5.69 Å². The molecule has 2 heterocycles. The van der Waals surface area contributed by atoms with Gasteiger partial charge in [-0.25, -0.2) is 0 Å². The van der Waals surface area contributed by atoms with Crippen LogP contribution in [0.4, 0.5) is 0 Å². The monoisotopic (exact) mass is 298 g/mol. The van der Waals surface area contributed by atoms with E-state index >= 15 is 0 Å². The Morgan fingerprint density at radius 3 is 3.09 bits per heavy atom. The van der Waals surface area contributed by atoms with E-state index in [1.165, 1.54) is 0 Å². The number of ether oxygens (including phenoxy) is 1. The summed E-state index contributed by atoms with van der Waals surface area (Å²) < 4.78 is 5.62. The average Bonchev–Trinajstić information content (AvgIpc) is 3.03. The molecule has 0 radical (unpaired) electrons. The summed E-state index contributed by atoms with van der Waals surface area (Å²) in [6, 6.07) is 9.85. The van der Waals surface area contributed by atoms with Crippen molar-refractivity contribution in [2.75, 3.05) is 26.3 Å². The normalized spacial score (nSPS) is 18.0. The summed E-state index contributed by atoms with van der Waals surface area (Å²) >= 11 is 0. The van der Waals surface area contributed by atoms with Crippen LogP contribution < -0.4 is 0 Å². The number of carbonyl (C=O) groups is 1. The minimum atomic E-state index is 0.0368. The Morgan fingerprint density at radius 1 is 1.36 bits per heavy atom. The van der Waals surface area contributed by atoms with Crippen molar-refractivity contribution in [3.05, 3.63) is 42.2 Å². The van der Waals surface area contributed by atoms with Gasteiger partial charge in [-0.15, -0.1) is 0 Å². The summed E-state index contributed by atoms with van der Waals surface area (Å²) in [5.74, 6) is 0.486. The highest BCUT2D eigenvalue weighted by Gasteiger charge is 2.28. The molecule has 3 rings (SSSR count). The van der Waals surface area contributed by atoms with Gasteiger partial charge < -0.3 is 9.64 Å². The van der Waals surface area contributed by atoms with Crippen molar-refractivity contribution < 1.29 is 9.53 Å². The van der Waals surface area contributed by atoms with Gasteiger partial charge >= 0.3 is 0 Å². The second kappa shape index (κ2) is 6.88. The van der Waals surface area contributed by atoms with E-state index in [-0.39, 0.29) is 5.91 Å². The first-order valence-electron chi connectivity index (χ1n) is 8.00. The molecule has 1 fully saturated rings. The fourth-order valence-corrected chi connectivity index (χ4v) is 2.99. The number of fused-ring (bicyclic) bond motifs is 1.